The van der Waals surface area contributed by atoms with Gasteiger partial charge in [-0.1, -0.05) is 0 Å². The maximum atomic E-state index is 13.1. The van der Waals surface area contributed by atoms with Crippen molar-refractivity contribution in [2.24, 2.45) is 4.99 Å². The first-order valence-corrected chi connectivity index (χ1v) is 9.79. The summed E-state index contributed by atoms with van der Waals surface area (Å²) < 4.78 is 18.6. The van der Waals surface area contributed by atoms with E-state index >= 15 is 0 Å². The van der Waals surface area contributed by atoms with Gasteiger partial charge in [-0.25, -0.2) is 14.2 Å². The summed E-state index contributed by atoms with van der Waals surface area (Å²) in [6.45, 7) is 9.55. The number of ether oxygens (including phenoxy) is 1. The number of carbonyl (C=O) groups is 2. The highest BCUT2D eigenvalue weighted by atomic mass is 32.1. The fraction of sp³-hybridized carbons (Fsp3) is 0.400. The second-order valence-corrected chi connectivity index (χ2v) is 8.44. The number of halogens is 1. The smallest absolute Gasteiger partial charge is 0.412 e. The third kappa shape index (κ3) is 3.82. The molecule has 1 aliphatic heterocycles. The van der Waals surface area contributed by atoms with E-state index in [1.54, 1.807) is 26.2 Å². The van der Waals surface area contributed by atoms with Crippen molar-refractivity contribution in [3.8, 4) is 0 Å². The lowest BCUT2D eigenvalue weighted by Gasteiger charge is -2.34. The number of hydrogen-bond acceptors (Lipinski definition) is 6. The molecule has 1 aromatic heterocycles. The van der Waals surface area contributed by atoms with Crippen molar-refractivity contribution >= 4 is 29.9 Å². The summed E-state index contributed by atoms with van der Waals surface area (Å²) in [5.41, 5.74) is -1.12. The molecule has 1 aromatic carbocycles. The highest BCUT2D eigenvalue weighted by Crippen LogP contribution is 2.42. The molecule has 0 saturated carbocycles. The Morgan fingerprint density at radius 3 is 2.61 bits per heavy atom. The lowest BCUT2D eigenvalue weighted by molar-refractivity contribution is 0.00843. The maximum Gasteiger partial charge on any atom is 0.412 e. The van der Waals surface area contributed by atoms with Crippen LogP contribution < -0.4 is 0 Å². The Bertz CT molecular complexity index is 904. The molecule has 1 fully saturated rings. The Hall–Kier alpha value is -2.61. The number of nitrogens with zero attached hydrogens (tertiary/aromatic N) is 3. The van der Waals surface area contributed by atoms with Crippen molar-refractivity contribution in [1.29, 1.82) is 0 Å². The van der Waals surface area contributed by atoms with Crippen molar-refractivity contribution in [2.45, 2.75) is 44.9 Å². The third-order valence-corrected chi connectivity index (χ3v) is 5.40. The van der Waals surface area contributed by atoms with E-state index in [-0.39, 0.29) is 11.5 Å². The number of rotatable bonds is 4. The van der Waals surface area contributed by atoms with Crippen LogP contribution in [0.25, 0.3) is 0 Å². The summed E-state index contributed by atoms with van der Waals surface area (Å²) in [7, 11) is 0. The molecule has 2 aromatic rings. The van der Waals surface area contributed by atoms with Gasteiger partial charge in [0.1, 0.15) is 22.1 Å². The molecule has 148 valence electrons. The summed E-state index contributed by atoms with van der Waals surface area (Å²) in [4.78, 5) is 35.6. The lowest BCUT2D eigenvalue weighted by Crippen LogP contribution is -2.46. The Morgan fingerprint density at radius 1 is 1.32 bits per heavy atom. The molecule has 1 aliphatic rings. The van der Waals surface area contributed by atoms with Crippen molar-refractivity contribution in [2.75, 3.05) is 6.54 Å². The van der Waals surface area contributed by atoms with Crippen molar-refractivity contribution in [1.82, 2.24) is 9.88 Å². The number of benzene rings is 1. The zero-order chi connectivity index (χ0) is 20.5. The molecule has 1 saturated heterocycles. The molecule has 0 spiro atoms. The van der Waals surface area contributed by atoms with Crippen LogP contribution in [0.1, 0.15) is 54.7 Å². The van der Waals surface area contributed by atoms with E-state index in [9.17, 15) is 14.0 Å². The molecule has 1 atom stereocenters. The van der Waals surface area contributed by atoms with Gasteiger partial charge in [0.15, 0.2) is 5.66 Å². The standard InChI is InChI=1S/C20H22FN3O3S/c1-19(2,3)27-18(26)24-11-5-10-20(24,22-4)17-23-15(12-28-17)16(25)13-6-8-14(21)9-7-13/h6-9,12H,4-5,10-11H2,1-3H3/t20-/m0/s1. The highest BCUT2D eigenvalue weighted by molar-refractivity contribution is 7.10. The number of likely N-dealkylation sites (tertiary alicyclic amines) is 1. The second kappa shape index (κ2) is 7.43. The molecular weight excluding hydrogens is 381 g/mol. The normalized spacial score (nSPS) is 19.5. The van der Waals surface area contributed by atoms with Gasteiger partial charge in [0.25, 0.3) is 0 Å². The minimum atomic E-state index is -1.05. The lowest BCUT2D eigenvalue weighted by atomic mass is 10.1. The van der Waals surface area contributed by atoms with Crippen LogP contribution >= 0.6 is 11.3 Å². The fourth-order valence-electron chi connectivity index (χ4n) is 3.13. The summed E-state index contributed by atoms with van der Waals surface area (Å²) in [6.07, 6.45) is 0.783. The Kier molecular flexibility index (Phi) is 5.34. The van der Waals surface area contributed by atoms with Crippen LogP contribution in [0.4, 0.5) is 9.18 Å². The summed E-state index contributed by atoms with van der Waals surface area (Å²) in [6, 6.07) is 5.30. The molecule has 8 heteroatoms. The van der Waals surface area contributed by atoms with Crippen LogP contribution in [0.2, 0.25) is 0 Å². The number of amides is 1. The van der Waals surface area contributed by atoms with Gasteiger partial charge in [0, 0.05) is 17.5 Å². The Balaban J connectivity index is 1.90. The molecule has 0 radical (unpaired) electrons. The van der Waals surface area contributed by atoms with Gasteiger partial charge in [-0.2, -0.15) is 0 Å². The molecule has 2 heterocycles. The summed E-state index contributed by atoms with van der Waals surface area (Å²) >= 11 is 1.25. The fourth-order valence-corrected chi connectivity index (χ4v) is 4.13. The predicted octanol–water partition coefficient (Wildman–Crippen LogP) is 4.40. The van der Waals surface area contributed by atoms with Crippen molar-refractivity contribution in [3.63, 3.8) is 0 Å². The van der Waals surface area contributed by atoms with E-state index in [2.05, 4.69) is 16.7 Å². The van der Waals surface area contributed by atoms with E-state index < -0.39 is 23.2 Å². The quantitative estimate of drug-likeness (QED) is 0.560. The first-order chi connectivity index (χ1) is 13.2. The molecule has 0 N–H and O–H groups in total. The molecule has 0 unspecified atom stereocenters. The number of aliphatic imine (C=N–C) groups is 1. The van der Waals surface area contributed by atoms with Gasteiger partial charge in [0.05, 0.1) is 0 Å². The molecule has 0 aliphatic carbocycles. The number of aromatic nitrogens is 1. The molecular formula is C20H22FN3O3S. The zero-order valence-corrected chi connectivity index (χ0v) is 16.9. The first-order valence-electron chi connectivity index (χ1n) is 8.91. The zero-order valence-electron chi connectivity index (χ0n) is 16.1. The van der Waals surface area contributed by atoms with Gasteiger partial charge in [-0.15, -0.1) is 11.3 Å². The topological polar surface area (TPSA) is 71.9 Å². The van der Waals surface area contributed by atoms with Crippen LogP contribution in [-0.4, -0.2) is 40.6 Å². The van der Waals surface area contributed by atoms with E-state index in [1.807, 2.05) is 0 Å². The van der Waals surface area contributed by atoms with Crippen molar-refractivity contribution < 1.29 is 18.7 Å². The Labute approximate surface area is 167 Å². The minimum absolute atomic E-state index is 0.227. The first kappa shape index (κ1) is 20.1. The summed E-state index contributed by atoms with van der Waals surface area (Å²) in [5, 5.41) is 2.14. The van der Waals surface area contributed by atoms with Crippen LogP contribution in [0.5, 0.6) is 0 Å². The van der Waals surface area contributed by atoms with E-state index in [0.29, 0.717) is 23.5 Å². The monoisotopic (exact) mass is 403 g/mol. The van der Waals surface area contributed by atoms with Crippen LogP contribution in [0, 0.1) is 5.82 Å². The SMILES string of the molecule is C=N[C@@]1(c2nc(C(=O)c3ccc(F)cc3)cs2)CCCN1C(=O)OC(C)(C)C. The molecule has 0 bridgehead atoms. The number of thiazole rings is 1. The predicted molar refractivity (Wildman–Crippen MR) is 105 cm³/mol. The van der Waals surface area contributed by atoms with Gasteiger partial charge in [0.2, 0.25) is 5.78 Å². The van der Waals surface area contributed by atoms with E-state index in [0.717, 1.165) is 6.42 Å². The van der Waals surface area contributed by atoms with Crippen LogP contribution in [0.3, 0.4) is 0 Å². The highest BCUT2D eigenvalue weighted by Gasteiger charge is 2.48. The average molecular weight is 403 g/mol. The second-order valence-electron chi connectivity index (χ2n) is 7.58. The number of carbonyl (C=O) groups excluding carboxylic acids is 2. The largest absolute Gasteiger partial charge is 0.444 e. The number of hydrogen-bond donors (Lipinski definition) is 0. The third-order valence-electron chi connectivity index (χ3n) is 4.41. The number of ketones is 1. The summed E-state index contributed by atoms with van der Waals surface area (Å²) in [5.74, 6) is -0.729. The molecule has 3 rings (SSSR count). The molecule has 6 nitrogen and oxygen atoms in total. The van der Waals surface area contributed by atoms with E-state index in [1.165, 1.54) is 40.5 Å². The van der Waals surface area contributed by atoms with Crippen LogP contribution in [-0.2, 0) is 10.4 Å². The van der Waals surface area contributed by atoms with Gasteiger partial charge >= 0.3 is 6.09 Å². The molecule has 28 heavy (non-hydrogen) atoms. The van der Waals surface area contributed by atoms with Gasteiger partial charge < -0.3 is 4.74 Å². The van der Waals surface area contributed by atoms with Gasteiger partial charge in [-0.05, 0) is 64.6 Å². The van der Waals surface area contributed by atoms with Crippen LogP contribution in [0.15, 0.2) is 34.6 Å². The van der Waals surface area contributed by atoms with E-state index in [4.69, 9.17) is 4.74 Å². The maximum absolute atomic E-state index is 13.1. The Morgan fingerprint density at radius 2 is 2.00 bits per heavy atom. The van der Waals surface area contributed by atoms with Gasteiger partial charge in [-0.3, -0.25) is 14.7 Å². The molecule has 1 amide bonds. The average Bonchev–Trinajstić information content (AvgIpc) is 3.28. The van der Waals surface area contributed by atoms with Crippen molar-refractivity contribution in [3.05, 3.63) is 51.7 Å². The minimum Gasteiger partial charge on any atom is -0.444 e.